The van der Waals surface area contributed by atoms with Crippen molar-refractivity contribution in [3.63, 3.8) is 0 Å². The van der Waals surface area contributed by atoms with Crippen molar-refractivity contribution in [1.82, 2.24) is 0 Å². The van der Waals surface area contributed by atoms with E-state index in [1.54, 1.807) is 4.74 Å². The predicted molar refractivity (Wildman–Crippen MR) is 74.3 cm³/mol. The average Bonchev–Trinajstić information content (AvgIpc) is 2.61. The van der Waals surface area contributed by atoms with E-state index in [1.165, 1.54) is 4.74 Å². The van der Waals surface area contributed by atoms with Gasteiger partial charge in [-0.3, -0.25) is 14.2 Å². The lowest BCUT2D eigenvalue weighted by Crippen LogP contribution is -2.67. The van der Waals surface area contributed by atoms with E-state index in [0.717, 1.165) is 0 Å². The normalized spacial score (nSPS) is 19.9. The molecule has 0 aromatic heterocycles. The first kappa shape index (κ1) is 34.3. The van der Waals surface area contributed by atoms with Gasteiger partial charge in [0.05, 0.1) is 0 Å². The number of aliphatic hydroxyl groups excluding tert-OH is 1. The quantitative estimate of drug-likeness (QED) is 0.212. The molecule has 0 spiro atoms. The molecule has 36 heavy (non-hydrogen) atoms. The van der Waals surface area contributed by atoms with Crippen LogP contribution in [-0.2, 0) is 14.2 Å². The largest absolute Gasteiger partial charge is 0.458 e. The summed E-state index contributed by atoms with van der Waals surface area (Å²) in [6.07, 6.45) is -55.8. The number of allylic oxidation sites excluding steroid dienone is 1. The Balaban J connectivity index is 6.59. The maximum absolute atomic E-state index is 14.2. The molecule has 4 unspecified atom stereocenters. The maximum Gasteiger partial charge on any atom is 0.458 e. The summed E-state index contributed by atoms with van der Waals surface area (Å²) in [7, 11) is 0. The van der Waals surface area contributed by atoms with E-state index in [9.17, 15) is 79.0 Å². The summed E-state index contributed by atoms with van der Waals surface area (Å²) in [5.74, 6) is -14.4. The van der Waals surface area contributed by atoms with E-state index in [0.29, 0.717) is 6.08 Å². The summed E-state index contributed by atoms with van der Waals surface area (Å²) >= 11 is 0. The second kappa shape index (κ2) is 10.2. The van der Waals surface area contributed by atoms with Crippen LogP contribution in [0.3, 0.4) is 0 Å². The van der Waals surface area contributed by atoms with E-state index >= 15 is 0 Å². The Morgan fingerprint density at radius 2 is 1.11 bits per heavy atom. The summed E-state index contributed by atoms with van der Waals surface area (Å²) in [5, 5.41) is 9.12. The van der Waals surface area contributed by atoms with Gasteiger partial charge in [0.2, 0.25) is 0 Å². The lowest BCUT2D eigenvalue weighted by molar-refractivity contribution is -0.564. The molecule has 216 valence electrons. The van der Waals surface area contributed by atoms with Crippen LogP contribution in [0.2, 0.25) is 0 Å². The molecule has 4 atom stereocenters. The van der Waals surface area contributed by atoms with Gasteiger partial charge in [-0.25, -0.2) is 4.39 Å². The van der Waals surface area contributed by atoms with Crippen LogP contribution >= 0.6 is 0 Å². The molecular formula is C14H10F18O4. The van der Waals surface area contributed by atoms with Gasteiger partial charge >= 0.3 is 48.6 Å². The summed E-state index contributed by atoms with van der Waals surface area (Å²) in [6, 6.07) is 0. The topological polar surface area (TPSA) is 47.9 Å². The van der Waals surface area contributed by atoms with Gasteiger partial charge in [-0.05, 0) is 12.8 Å². The van der Waals surface area contributed by atoms with Crippen molar-refractivity contribution < 1.29 is 98.3 Å². The van der Waals surface area contributed by atoms with Gasteiger partial charge in [0.25, 0.3) is 6.36 Å². The Labute approximate surface area is 186 Å². The van der Waals surface area contributed by atoms with Crippen LogP contribution in [0.4, 0.5) is 79.0 Å². The third-order valence-corrected chi connectivity index (χ3v) is 3.59. The minimum absolute atomic E-state index is 0.582. The number of hydrogen-bond acceptors (Lipinski definition) is 4. The lowest BCUT2D eigenvalue weighted by Gasteiger charge is -2.41. The molecule has 0 amide bonds. The zero-order chi connectivity index (χ0) is 29.4. The van der Waals surface area contributed by atoms with Crippen molar-refractivity contribution in [1.29, 1.82) is 0 Å². The molecule has 0 rings (SSSR count). The molecule has 0 bridgehead atoms. The summed E-state index contributed by atoms with van der Waals surface area (Å²) in [5.41, 5.74) is 0. The third kappa shape index (κ3) is 7.00. The molecule has 0 aliphatic rings. The average molecular weight is 584 g/mol. The van der Waals surface area contributed by atoms with Gasteiger partial charge in [0, 0.05) is 0 Å². The molecule has 0 aromatic carbocycles. The lowest BCUT2D eigenvalue weighted by atomic mass is 10.1. The highest BCUT2D eigenvalue weighted by molar-refractivity contribution is 4.95. The fourth-order valence-electron chi connectivity index (χ4n) is 1.81. The highest BCUT2D eigenvalue weighted by Gasteiger charge is 2.83. The maximum atomic E-state index is 14.2. The van der Waals surface area contributed by atoms with Crippen LogP contribution in [0.5, 0.6) is 0 Å². The second-order valence-corrected chi connectivity index (χ2v) is 6.35. The molecule has 0 aliphatic heterocycles. The number of halogens is 18. The van der Waals surface area contributed by atoms with Crippen molar-refractivity contribution in [2.45, 2.75) is 73.9 Å². The van der Waals surface area contributed by atoms with Crippen molar-refractivity contribution in [2.24, 2.45) is 0 Å². The number of hydrogen-bond donors (Lipinski definition) is 1. The Morgan fingerprint density at radius 3 is 1.44 bits per heavy atom. The Bertz CT molecular complexity index is 746. The van der Waals surface area contributed by atoms with Gasteiger partial charge in [-0.15, -0.1) is 6.58 Å². The number of rotatable bonds is 12. The van der Waals surface area contributed by atoms with Crippen molar-refractivity contribution in [2.75, 3.05) is 0 Å². The molecule has 0 radical (unpaired) electrons. The summed E-state index contributed by atoms with van der Waals surface area (Å²) in [4.78, 5) is 0. The van der Waals surface area contributed by atoms with E-state index in [4.69, 9.17) is 5.11 Å². The molecule has 0 aliphatic carbocycles. The van der Waals surface area contributed by atoms with Crippen molar-refractivity contribution >= 4 is 0 Å². The number of alkyl halides is 18. The number of ether oxygens (including phenoxy) is 3. The fraction of sp³-hybridized carbons (Fsp3) is 0.857. The second-order valence-electron chi connectivity index (χ2n) is 6.35. The predicted octanol–water partition coefficient (Wildman–Crippen LogP) is 6.46. The molecular weight excluding hydrogens is 574 g/mol. The van der Waals surface area contributed by atoms with E-state index in [2.05, 4.69) is 6.58 Å². The Hall–Kier alpha value is -1.68. The first-order valence-corrected chi connectivity index (χ1v) is 8.25. The molecule has 0 saturated carbocycles. The minimum atomic E-state index is -7.94. The van der Waals surface area contributed by atoms with Gasteiger partial charge < -0.3 is 5.11 Å². The molecule has 0 fully saturated rings. The smallest absolute Gasteiger partial charge is 0.387 e. The molecule has 22 heteroatoms. The van der Waals surface area contributed by atoms with E-state index < -0.39 is 73.9 Å². The monoisotopic (exact) mass is 584 g/mol. The third-order valence-electron chi connectivity index (χ3n) is 3.59. The van der Waals surface area contributed by atoms with E-state index in [-0.39, 0.29) is 0 Å². The SMILES string of the molecule is C=CCCC(O)C(F)(OC(F)(F)C(F)(OC(F)(F)C(F)(F)OC(F)C(F)(F)F)C(F)(F)F)C(F)(F)F. The van der Waals surface area contributed by atoms with Crippen LogP contribution < -0.4 is 0 Å². The number of aliphatic hydroxyl groups is 1. The van der Waals surface area contributed by atoms with Crippen LogP contribution in [0, 0.1) is 0 Å². The Morgan fingerprint density at radius 1 is 0.667 bits per heavy atom. The van der Waals surface area contributed by atoms with Gasteiger partial charge in [0.15, 0.2) is 0 Å². The first-order chi connectivity index (χ1) is 15.5. The van der Waals surface area contributed by atoms with Gasteiger partial charge in [-0.1, -0.05) is 6.08 Å². The van der Waals surface area contributed by atoms with Crippen molar-refractivity contribution in [3.05, 3.63) is 12.7 Å². The van der Waals surface area contributed by atoms with Crippen molar-refractivity contribution in [3.8, 4) is 0 Å². The van der Waals surface area contributed by atoms with Gasteiger partial charge in [-0.2, -0.15) is 74.6 Å². The van der Waals surface area contributed by atoms with Crippen LogP contribution in [0.25, 0.3) is 0 Å². The van der Waals surface area contributed by atoms with Gasteiger partial charge in [0.1, 0.15) is 6.10 Å². The molecule has 0 saturated heterocycles. The van der Waals surface area contributed by atoms with Crippen LogP contribution in [0.15, 0.2) is 12.7 Å². The van der Waals surface area contributed by atoms with E-state index in [1.807, 2.05) is 4.74 Å². The zero-order valence-electron chi connectivity index (χ0n) is 16.3. The summed E-state index contributed by atoms with van der Waals surface area (Å²) in [6.45, 7) is 2.83. The molecule has 0 heterocycles. The summed E-state index contributed by atoms with van der Waals surface area (Å²) < 4.78 is 239. The highest BCUT2D eigenvalue weighted by Crippen LogP contribution is 2.55. The van der Waals surface area contributed by atoms with Crippen LogP contribution in [0.1, 0.15) is 12.8 Å². The Kier molecular flexibility index (Phi) is 9.76. The standard InChI is InChI=1S/C14H10F18O4/c1-2-3-4-5(33)7(16,10(21,22)23)35-12(27,28)9(20,11(24,25)26)36-14(31,32)13(29,30)34-6(15)8(17,18)19/h2,5-6,33H,1,3-4H2. The minimum Gasteiger partial charge on any atom is -0.387 e. The first-order valence-electron chi connectivity index (χ1n) is 8.25. The fourth-order valence-corrected chi connectivity index (χ4v) is 1.81. The molecule has 0 aromatic rings. The zero-order valence-corrected chi connectivity index (χ0v) is 16.3. The molecule has 4 nitrogen and oxygen atoms in total. The highest BCUT2D eigenvalue weighted by atomic mass is 19.4. The van der Waals surface area contributed by atoms with Crippen LogP contribution in [-0.4, -0.2) is 66.1 Å². The molecule has 1 N–H and O–H groups in total.